The van der Waals surface area contributed by atoms with Crippen molar-refractivity contribution in [1.29, 1.82) is 0 Å². The standard InChI is InChI=1S/C14H21N3O2/c1-10(12-6-4-3-5-7-12)8-9-16-14(18)11(2)13(15)17-19/h3-7,10-11,19H,8-9H2,1-2H3,(H2,15,17)(H,16,18). The normalized spacial score (nSPS) is 14.7. The van der Waals surface area contributed by atoms with Crippen molar-refractivity contribution in [2.24, 2.45) is 16.8 Å². The van der Waals surface area contributed by atoms with Crippen molar-refractivity contribution in [3.63, 3.8) is 0 Å². The van der Waals surface area contributed by atoms with Crippen molar-refractivity contribution in [2.75, 3.05) is 6.54 Å². The van der Waals surface area contributed by atoms with E-state index >= 15 is 0 Å². The van der Waals surface area contributed by atoms with Gasteiger partial charge in [0, 0.05) is 6.54 Å². The van der Waals surface area contributed by atoms with Crippen LogP contribution in [0.2, 0.25) is 0 Å². The minimum absolute atomic E-state index is 0.0754. The monoisotopic (exact) mass is 263 g/mol. The van der Waals surface area contributed by atoms with Gasteiger partial charge < -0.3 is 16.3 Å². The van der Waals surface area contributed by atoms with Crippen molar-refractivity contribution in [3.05, 3.63) is 35.9 Å². The molecule has 5 nitrogen and oxygen atoms in total. The van der Waals surface area contributed by atoms with Gasteiger partial charge in [0.05, 0.1) is 5.92 Å². The summed E-state index contributed by atoms with van der Waals surface area (Å²) in [6.07, 6.45) is 0.846. The molecule has 0 spiro atoms. The van der Waals surface area contributed by atoms with E-state index < -0.39 is 5.92 Å². The van der Waals surface area contributed by atoms with Crippen LogP contribution in [0.5, 0.6) is 0 Å². The first-order valence-electron chi connectivity index (χ1n) is 6.36. The van der Waals surface area contributed by atoms with E-state index in [1.54, 1.807) is 6.92 Å². The number of benzene rings is 1. The number of nitrogens with one attached hydrogen (secondary N) is 1. The lowest BCUT2D eigenvalue weighted by molar-refractivity contribution is -0.122. The van der Waals surface area contributed by atoms with E-state index in [-0.39, 0.29) is 11.7 Å². The van der Waals surface area contributed by atoms with Crippen LogP contribution in [-0.2, 0) is 4.79 Å². The number of carbonyl (C=O) groups is 1. The zero-order valence-corrected chi connectivity index (χ0v) is 11.3. The second-order valence-electron chi connectivity index (χ2n) is 4.64. The van der Waals surface area contributed by atoms with Crippen molar-refractivity contribution >= 4 is 11.7 Å². The van der Waals surface area contributed by atoms with Gasteiger partial charge in [0.15, 0.2) is 5.84 Å². The molecule has 104 valence electrons. The number of nitrogens with zero attached hydrogens (tertiary/aromatic N) is 1. The Balaban J connectivity index is 2.37. The van der Waals surface area contributed by atoms with Gasteiger partial charge in [0.1, 0.15) is 0 Å². The lowest BCUT2D eigenvalue weighted by atomic mass is 9.98. The van der Waals surface area contributed by atoms with E-state index in [0.29, 0.717) is 12.5 Å². The van der Waals surface area contributed by atoms with Crippen LogP contribution in [0.25, 0.3) is 0 Å². The Hall–Kier alpha value is -2.04. The second-order valence-corrected chi connectivity index (χ2v) is 4.64. The molecule has 0 heterocycles. The van der Waals surface area contributed by atoms with Crippen LogP contribution in [0.4, 0.5) is 0 Å². The van der Waals surface area contributed by atoms with Gasteiger partial charge in [-0.05, 0) is 24.8 Å². The zero-order chi connectivity index (χ0) is 14.3. The highest BCUT2D eigenvalue weighted by Crippen LogP contribution is 2.17. The number of amidine groups is 1. The molecule has 1 amide bonds. The summed E-state index contributed by atoms with van der Waals surface area (Å²) in [7, 11) is 0. The van der Waals surface area contributed by atoms with Crippen LogP contribution in [0.1, 0.15) is 31.7 Å². The fourth-order valence-electron chi connectivity index (χ4n) is 1.73. The summed E-state index contributed by atoms with van der Waals surface area (Å²) in [6, 6.07) is 10.1. The Morgan fingerprint density at radius 1 is 1.37 bits per heavy atom. The minimum atomic E-state index is -0.614. The molecule has 0 aromatic heterocycles. The Morgan fingerprint density at radius 3 is 2.58 bits per heavy atom. The number of oxime groups is 1. The highest BCUT2D eigenvalue weighted by atomic mass is 16.4. The van der Waals surface area contributed by atoms with E-state index in [0.717, 1.165) is 6.42 Å². The molecule has 0 aliphatic rings. The molecule has 0 saturated heterocycles. The summed E-state index contributed by atoms with van der Waals surface area (Å²) in [5, 5.41) is 14.1. The average molecular weight is 263 g/mol. The van der Waals surface area contributed by atoms with Gasteiger partial charge in [-0.2, -0.15) is 0 Å². The maximum atomic E-state index is 11.7. The summed E-state index contributed by atoms with van der Waals surface area (Å²) in [5.74, 6) is -0.540. The average Bonchev–Trinajstić information content (AvgIpc) is 2.46. The van der Waals surface area contributed by atoms with Crippen LogP contribution in [0.15, 0.2) is 35.5 Å². The Bertz CT molecular complexity index is 432. The highest BCUT2D eigenvalue weighted by Gasteiger charge is 2.17. The van der Waals surface area contributed by atoms with Gasteiger partial charge in [-0.15, -0.1) is 0 Å². The predicted molar refractivity (Wildman–Crippen MR) is 75.1 cm³/mol. The number of hydrogen-bond donors (Lipinski definition) is 3. The number of nitrogens with two attached hydrogens (primary N) is 1. The van der Waals surface area contributed by atoms with Gasteiger partial charge >= 0.3 is 0 Å². The van der Waals surface area contributed by atoms with Crippen LogP contribution < -0.4 is 11.1 Å². The van der Waals surface area contributed by atoms with Crippen LogP contribution in [0, 0.1) is 5.92 Å². The first kappa shape index (κ1) is 15.0. The zero-order valence-electron chi connectivity index (χ0n) is 11.3. The summed E-state index contributed by atoms with van der Waals surface area (Å²) < 4.78 is 0. The summed E-state index contributed by atoms with van der Waals surface area (Å²) in [6.45, 7) is 4.29. The molecule has 2 unspecified atom stereocenters. The van der Waals surface area contributed by atoms with E-state index in [9.17, 15) is 4.79 Å². The molecule has 19 heavy (non-hydrogen) atoms. The fraction of sp³-hybridized carbons (Fsp3) is 0.429. The third-order valence-corrected chi connectivity index (χ3v) is 3.20. The first-order valence-corrected chi connectivity index (χ1v) is 6.36. The van der Waals surface area contributed by atoms with Crippen molar-refractivity contribution in [3.8, 4) is 0 Å². The molecule has 2 atom stereocenters. The maximum Gasteiger partial charge on any atom is 0.230 e. The van der Waals surface area contributed by atoms with Gasteiger partial charge in [0.2, 0.25) is 5.91 Å². The van der Waals surface area contributed by atoms with Crippen LogP contribution >= 0.6 is 0 Å². The molecule has 0 bridgehead atoms. The number of rotatable bonds is 6. The van der Waals surface area contributed by atoms with E-state index in [1.165, 1.54) is 5.56 Å². The highest BCUT2D eigenvalue weighted by molar-refractivity contribution is 6.01. The summed E-state index contributed by atoms with van der Waals surface area (Å²) in [5.41, 5.74) is 6.63. The van der Waals surface area contributed by atoms with Gasteiger partial charge in [0.25, 0.3) is 0 Å². The third kappa shape index (κ3) is 4.62. The molecule has 1 aromatic carbocycles. The topological polar surface area (TPSA) is 87.7 Å². The van der Waals surface area contributed by atoms with Crippen molar-refractivity contribution in [2.45, 2.75) is 26.2 Å². The lowest BCUT2D eigenvalue weighted by Gasteiger charge is -2.14. The SMILES string of the molecule is CC(C(=O)NCCC(C)c1ccccc1)C(N)=NO. The lowest BCUT2D eigenvalue weighted by Crippen LogP contribution is -2.37. The quantitative estimate of drug-likeness (QED) is 0.316. The van der Waals surface area contributed by atoms with Crippen molar-refractivity contribution in [1.82, 2.24) is 5.32 Å². The largest absolute Gasteiger partial charge is 0.409 e. The molecule has 1 aromatic rings. The smallest absolute Gasteiger partial charge is 0.230 e. The number of carbonyl (C=O) groups excluding carboxylic acids is 1. The Morgan fingerprint density at radius 2 is 2.00 bits per heavy atom. The number of hydrogen-bond acceptors (Lipinski definition) is 3. The van der Waals surface area contributed by atoms with E-state index in [1.807, 2.05) is 18.2 Å². The van der Waals surface area contributed by atoms with E-state index in [2.05, 4.69) is 29.5 Å². The van der Waals surface area contributed by atoms with Crippen LogP contribution in [-0.4, -0.2) is 23.5 Å². The van der Waals surface area contributed by atoms with E-state index in [4.69, 9.17) is 10.9 Å². The first-order chi connectivity index (χ1) is 9.06. The molecule has 0 fully saturated rings. The third-order valence-electron chi connectivity index (χ3n) is 3.20. The molecular weight excluding hydrogens is 242 g/mol. The maximum absolute atomic E-state index is 11.7. The Labute approximate surface area is 113 Å². The molecule has 0 saturated carbocycles. The molecule has 0 aliphatic carbocycles. The molecule has 5 heteroatoms. The molecule has 1 rings (SSSR count). The second kappa shape index (κ2) is 7.41. The molecule has 4 N–H and O–H groups in total. The molecule has 0 radical (unpaired) electrons. The molecule has 0 aliphatic heterocycles. The van der Waals surface area contributed by atoms with Crippen LogP contribution in [0.3, 0.4) is 0 Å². The number of amides is 1. The summed E-state index contributed by atoms with van der Waals surface area (Å²) in [4.78, 5) is 11.7. The Kier molecular flexibility index (Phi) is 5.85. The van der Waals surface area contributed by atoms with Crippen molar-refractivity contribution < 1.29 is 10.0 Å². The predicted octanol–water partition coefficient (Wildman–Crippen LogP) is 1.68. The van der Waals surface area contributed by atoms with Gasteiger partial charge in [-0.1, -0.05) is 42.4 Å². The van der Waals surface area contributed by atoms with Gasteiger partial charge in [-0.25, -0.2) is 0 Å². The minimum Gasteiger partial charge on any atom is -0.409 e. The fourth-order valence-corrected chi connectivity index (χ4v) is 1.73. The van der Waals surface area contributed by atoms with Gasteiger partial charge in [-0.3, -0.25) is 4.79 Å². The summed E-state index contributed by atoms with van der Waals surface area (Å²) >= 11 is 0. The molecular formula is C14H21N3O2.